The number of benzene rings is 1. The molecule has 2 rings (SSSR count). The summed E-state index contributed by atoms with van der Waals surface area (Å²) in [6.07, 6.45) is 6.25. The van der Waals surface area contributed by atoms with Crippen molar-refractivity contribution in [3.05, 3.63) is 24.3 Å². The highest BCUT2D eigenvalue weighted by atomic mass is 16.5. The second-order valence-corrected chi connectivity index (χ2v) is 5.80. The second-order valence-electron chi connectivity index (χ2n) is 5.80. The van der Waals surface area contributed by atoms with Gasteiger partial charge >= 0.3 is 0 Å². The molecule has 2 unspecified atom stereocenters. The fourth-order valence-corrected chi connectivity index (χ4v) is 2.96. The summed E-state index contributed by atoms with van der Waals surface area (Å²) in [7, 11) is 1.63. The first-order valence-corrected chi connectivity index (χ1v) is 7.88. The van der Waals surface area contributed by atoms with Crippen LogP contribution in [0.5, 0.6) is 5.75 Å². The SMILES string of the molecule is CCC1CCCC(NCC(=O)Nc2ccc(OC)cc2)C1. The Morgan fingerprint density at radius 3 is 2.71 bits per heavy atom. The molecule has 2 atom stereocenters. The molecule has 1 aromatic rings. The van der Waals surface area contributed by atoms with Crippen molar-refractivity contribution in [2.24, 2.45) is 5.92 Å². The maximum Gasteiger partial charge on any atom is 0.238 e. The summed E-state index contributed by atoms with van der Waals surface area (Å²) in [5.41, 5.74) is 0.803. The molecule has 0 heterocycles. The summed E-state index contributed by atoms with van der Waals surface area (Å²) in [4.78, 5) is 12.0. The van der Waals surface area contributed by atoms with E-state index in [4.69, 9.17) is 4.74 Å². The Labute approximate surface area is 127 Å². The molecule has 4 heteroatoms. The van der Waals surface area contributed by atoms with Gasteiger partial charge in [0.15, 0.2) is 0 Å². The van der Waals surface area contributed by atoms with Crippen LogP contribution in [0.1, 0.15) is 39.0 Å². The van der Waals surface area contributed by atoms with E-state index in [1.54, 1.807) is 7.11 Å². The van der Waals surface area contributed by atoms with E-state index in [9.17, 15) is 4.79 Å². The monoisotopic (exact) mass is 290 g/mol. The standard InChI is InChI=1S/C17H26N2O2/c1-3-13-5-4-6-15(11-13)18-12-17(20)19-14-7-9-16(21-2)10-8-14/h7-10,13,15,18H,3-6,11-12H2,1-2H3,(H,19,20). The number of hydrogen-bond acceptors (Lipinski definition) is 3. The van der Waals surface area contributed by atoms with Gasteiger partial charge in [-0.1, -0.05) is 26.2 Å². The van der Waals surface area contributed by atoms with E-state index in [1.165, 1.54) is 32.1 Å². The fourth-order valence-electron chi connectivity index (χ4n) is 2.96. The minimum Gasteiger partial charge on any atom is -0.497 e. The molecule has 1 saturated carbocycles. The second kappa shape index (κ2) is 8.03. The number of methoxy groups -OCH3 is 1. The van der Waals surface area contributed by atoms with Gasteiger partial charge in [0, 0.05) is 11.7 Å². The van der Waals surface area contributed by atoms with Crippen LogP contribution < -0.4 is 15.4 Å². The third-order valence-electron chi connectivity index (χ3n) is 4.29. The maximum atomic E-state index is 12.0. The van der Waals surface area contributed by atoms with Gasteiger partial charge in [0.25, 0.3) is 0 Å². The molecule has 1 aliphatic carbocycles. The van der Waals surface area contributed by atoms with Crippen molar-refractivity contribution in [3.8, 4) is 5.75 Å². The van der Waals surface area contributed by atoms with Gasteiger partial charge in [0.1, 0.15) is 5.75 Å². The van der Waals surface area contributed by atoms with E-state index in [2.05, 4.69) is 17.6 Å². The molecule has 1 aromatic carbocycles. The number of carbonyl (C=O) groups is 1. The predicted molar refractivity (Wildman–Crippen MR) is 85.7 cm³/mol. The van der Waals surface area contributed by atoms with Crippen LogP contribution in [0.15, 0.2) is 24.3 Å². The zero-order valence-corrected chi connectivity index (χ0v) is 13.0. The minimum absolute atomic E-state index is 0.0128. The number of anilines is 1. The molecule has 0 aromatic heterocycles. The van der Waals surface area contributed by atoms with Crippen molar-refractivity contribution >= 4 is 11.6 Å². The van der Waals surface area contributed by atoms with E-state index < -0.39 is 0 Å². The summed E-state index contributed by atoms with van der Waals surface area (Å²) in [5.74, 6) is 1.62. The van der Waals surface area contributed by atoms with Gasteiger partial charge < -0.3 is 15.4 Å². The van der Waals surface area contributed by atoms with Crippen LogP contribution in [0.4, 0.5) is 5.69 Å². The van der Waals surface area contributed by atoms with Crippen LogP contribution in [-0.2, 0) is 4.79 Å². The minimum atomic E-state index is 0.0128. The van der Waals surface area contributed by atoms with E-state index in [-0.39, 0.29) is 5.91 Å². The molecule has 116 valence electrons. The Kier molecular flexibility index (Phi) is 6.05. The zero-order chi connectivity index (χ0) is 15.1. The molecule has 4 nitrogen and oxygen atoms in total. The van der Waals surface area contributed by atoms with Crippen molar-refractivity contribution in [2.75, 3.05) is 19.0 Å². The highest BCUT2D eigenvalue weighted by Gasteiger charge is 2.20. The Balaban J connectivity index is 1.73. The van der Waals surface area contributed by atoms with E-state index in [0.717, 1.165) is 17.4 Å². The molecule has 21 heavy (non-hydrogen) atoms. The molecule has 0 bridgehead atoms. The summed E-state index contributed by atoms with van der Waals surface area (Å²) in [5, 5.41) is 6.29. The van der Waals surface area contributed by atoms with Gasteiger partial charge in [-0.05, 0) is 43.0 Å². The van der Waals surface area contributed by atoms with Crippen LogP contribution in [0.3, 0.4) is 0 Å². The van der Waals surface area contributed by atoms with Crippen LogP contribution in [0, 0.1) is 5.92 Å². The van der Waals surface area contributed by atoms with Gasteiger partial charge in [-0.15, -0.1) is 0 Å². The maximum absolute atomic E-state index is 12.0. The molecule has 0 aliphatic heterocycles. The van der Waals surface area contributed by atoms with Crippen molar-refractivity contribution in [2.45, 2.75) is 45.1 Å². The van der Waals surface area contributed by atoms with Crippen LogP contribution in [-0.4, -0.2) is 25.6 Å². The number of hydrogen-bond donors (Lipinski definition) is 2. The average Bonchev–Trinajstić information content (AvgIpc) is 2.54. The first kappa shape index (κ1) is 15.8. The van der Waals surface area contributed by atoms with E-state index in [1.807, 2.05) is 24.3 Å². The number of ether oxygens (including phenoxy) is 1. The number of carbonyl (C=O) groups excluding carboxylic acids is 1. The smallest absolute Gasteiger partial charge is 0.238 e. The normalized spacial score (nSPS) is 21.8. The van der Waals surface area contributed by atoms with Gasteiger partial charge in [0.2, 0.25) is 5.91 Å². The zero-order valence-electron chi connectivity index (χ0n) is 13.0. The summed E-state index contributed by atoms with van der Waals surface area (Å²) in [6, 6.07) is 7.88. The van der Waals surface area contributed by atoms with E-state index in [0.29, 0.717) is 12.6 Å². The van der Waals surface area contributed by atoms with Crippen LogP contribution in [0.2, 0.25) is 0 Å². The molecule has 0 saturated heterocycles. The van der Waals surface area contributed by atoms with Crippen LogP contribution >= 0.6 is 0 Å². The molecule has 1 aliphatic rings. The first-order valence-electron chi connectivity index (χ1n) is 7.88. The molecule has 0 spiro atoms. The molecule has 2 N–H and O–H groups in total. The summed E-state index contributed by atoms with van der Waals surface area (Å²) < 4.78 is 5.10. The summed E-state index contributed by atoms with van der Waals surface area (Å²) in [6.45, 7) is 2.64. The topological polar surface area (TPSA) is 50.4 Å². The largest absolute Gasteiger partial charge is 0.497 e. The van der Waals surface area contributed by atoms with E-state index >= 15 is 0 Å². The fraction of sp³-hybridized carbons (Fsp3) is 0.588. The van der Waals surface area contributed by atoms with Gasteiger partial charge in [0.05, 0.1) is 13.7 Å². The third kappa shape index (κ3) is 5.05. The Hall–Kier alpha value is -1.55. The van der Waals surface area contributed by atoms with Crippen molar-refractivity contribution in [1.82, 2.24) is 5.32 Å². The lowest BCUT2D eigenvalue weighted by Gasteiger charge is -2.29. The average molecular weight is 290 g/mol. The number of amides is 1. The number of rotatable bonds is 6. The summed E-state index contributed by atoms with van der Waals surface area (Å²) >= 11 is 0. The van der Waals surface area contributed by atoms with Gasteiger partial charge in [-0.25, -0.2) is 0 Å². The molecular weight excluding hydrogens is 264 g/mol. The molecule has 0 radical (unpaired) electrons. The van der Waals surface area contributed by atoms with Crippen molar-refractivity contribution < 1.29 is 9.53 Å². The highest BCUT2D eigenvalue weighted by Crippen LogP contribution is 2.26. The Morgan fingerprint density at radius 2 is 2.05 bits per heavy atom. The van der Waals surface area contributed by atoms with Gasteiger partial charge in [-0.3, -0.25) is 4.79 Å². The van der Waals surface area contributed by atoms with Crippen molar-refractivity contribution in [1.29, 1.82) is 0 Å². The third-order valence-corrected chi connectivity index (χ3v) is 4.29. The Morgan fingerprint density at radius 1 is 1.29 bits per heavy atom. The molecular formula is C17H26N2O2. The lowest BCUT2D eigenvalue weighted by molar-refractivity contribution is -0.115. The molecule has 1 amide bonds. The lowest BCUT2D eigenvalue weighted by Crippen LogP contribution is -2.39. The lowest BCUT2D eigenvalue weighted by atomic mass is 9.84. The van der Waals surface area contributed by atoms with Crippen molar-refractivity contribution in [3.63, 3.8) is 0 Å². The Bertz CT molecular complexity index is 445. The van der Waals surface area contributed by atoms with Gasteiger partial charge in [-0.2, -0.15) is 0 Å². The molecule has 1 fully saturated rings. The quantitative estimate of drug-likeness (QED) is 0.846. The predicted octanol–water partition coefficient (Wildman–Crippen LogP) is 3.19. The van der Waals surface area contributed by atoms with Crippen LogP contribution in [0.25, 0.3) is 0 Å². The highest BCUT2D eigenvalue weighted by molar-refractivity contribution is 5.92. The first-order chi connectivity index (χ1) is 10.2. The number of nitrogens with one attached hydrogen (secondary N) is 2.